The summed E-state index contributed by atoms with van der Waals surface area (Å²) in [5, 5.41) is 2.85. The number of nitrogens with zero attached hydrogens (tertiary/aromatic N) is 2. The Hall–Kier alpha value is -4.04. The zero-order chi connectivity index (χ0) is 24.1. The molecule has 0 atom stereocenters. The Morgan fingerprint density at radius 2 is 1.74 bits per heavy atom. The molecule has 0 saturated carbocycles. The fourth-order valence-electron chi connectivity index (χ4n) is 4.20. The third kappa shape index (κ3) is 3.52. The summed E-state index contributed by atoms with van der Waals surface area (Å²) in [5.74, 6) is -0.544. The first kappa shape index (κ1) is 21.8. The molecule has 1 fully saturated rings. The van der Waals surface area contributed by atoms with Crippen LogP contribution in [0.1, 0.15) is 22.5 Å². The van der Waals surface area contributed by atoms with Crippen LogP contribution in [0.5, 0.6) is 11.5 Å². The molecule has 1 saturated heterocycles. The number of nitrogens with one attached hydrogen (secondary N) is 1. The van der Waals surface area contributed by atoms with Crippen molar-refractivity contribution >= 4 is 41.2 Å². The number of amides is 4. The maximum absolute atomic E-state index is 13.3. The molecule has 34 heavy (non-hydrogen) atoms. The number of anilines is 1. The van der Waals surface area contributed by atoms with Gasteiger partial charge in [-0.3, -0.25) is 14.9 Å². The predicted octanol–water partition coefficient (Wildman–Crippen LogP) is 4.45. The number of urea groups is 1. The number of carbonyl (C=O) groups excluding carboxylic acids is 3. The van der Waals surface area contributed by atoms with Crippen molar-refractivity contribution in [2.45, 2.75) is 20.8 Å². The van der Waals surface area contributed by atoms with Crippen LogP contribution in [0.3, 0.4) is 0 Å². The molecule has 0 radical (unpaired) electrons. The third-order valence-electron chi connectivity index (χ3n) is 5.90. The van der Waals surface area contributed by atoms with E-state index in [9.17, 15) is 14.4 Å². The molecular weight excluding hydrogens is 458 g/mol. The number of hydrogen-bond donors (Lipinski definition) is 1. The van der Waals surface area contributed by atoms with E-state index in [2.05, 4.69) is 5.32 Å². The van der Waals surface area contributed by atoms with Gasteiger partial charge in [-0.15, -0.1) is 0 Å². The van der Waals surface area contributed by atoms with E-state index in [4.69, 9.17) is 21.1 Å². The van der Waals surface area contributed by atoms with Gasteiger partial charge in [-0.1, -0.05) is 17.7 Å². The van der Waals surface area contributed by atoms with Gasteiger partial charge in [0.25, 0.3) is 11.8 Å². The summed E-state index contributed by atoms with van der Waals surface area (Å²) in [6, 6.07) is 11.4. The highest BCUT2D eigenvalue weighted by atomic mass is 35.5. The van der Waals surface area contributed by atoms with Gasteiger partial charge >= 0.3 is 6.03 Å². The predicted molar refractivity (Wildman–Crippen MR) is 127 cm³/mol. The van der Waals surface area contributed by atoms with Crippen molar-refractivity contribution in [1.29, 1.82) is 0 Å². The number of benzene rings is 2. The number of halogens is 1. The molecule has 3 heterocycles. The van der Waals surface area contributed by atoms with Gasteiger partial charge < -0.3 is 14.0 Å². The van der Waals surface area contributed by atoms with E-state index < -0.39 is 17.8 Å². The van der Waals surface area contributed by atoms with Gasteiger partial charge in [0.2, 0.25) is 6.79 Å². The van der Waals surface area contributed by atoms with Crippen molar-refractivity contribution in [3.8, 4) is 17.2 Å². The summed E-state index contributed by atoms with van der Waals surface area (Å²) in [6.07, 6.45) is 1.50. The molecule has 5 rings (SSSR count). The van der Waals surface area contributed by atoms with Crippen molar-refractivity contribution in [2.24, 2.45) is 0 Å². The Bertz CT molecular complexity index is 1420. The van der Waals surface area contributed by atoms with E-state index in [1.165, 1.54) is 12.1 Å². The number of rotatable bonds is 3. The minimum Gasteiger partial charge on any atom is -0.454 e. The average molecular weight is 478 g/mol. The maximum Gasteiger partial charge on any atom is 0.335 e. The van der Waals surface area contributed by atoms with Crippen molar-refractivity contribution in [1.82, 2.24) is 9.88 Å². The smallest absolute Gasteiger partial charge is 0.335 e. The van der Waals surface area contributed by atoms with Crippen LogP contribution in [-0.4, -0.2) is 29.2 Å². The highest BCUT2D eigenvalue weighted by Crippen LogP contribution is 2.36. The second-order valence-corrected chi connectivity index (χ2v) is 8.52. The molecule has 9 heteroatoms. The molecule has 0 bridgehead atoms. The molecule has 0 spiro atoms. The Morgan fingerprint density at radius 1 is 0.971 bits per heavy atom. The summed E-state index contributed by atoms with van der Waals surface area (Å²) in [4.78, 5) is 39.4. The van der Waals surface area contributed by atoms with Gasteiger partial charge in [0.1, 0.15) is 5.57 Å². The Morgan fingerprint density at radius 3 is 2.53 bits per heavy atom. The first-order chi connectivity index (χ1) is 16.2. The van der Waals surface area contributed by atoms with Crippen molar-refractivity contribution < 1.29 is 23.9 Å². The third-order valence-corrected chi connectivity index (χ3v) is 6.13. The number of aromatic nitrogens is 1. The fraction of sp³-hybridized carbons (Fsp3) is 0.160. The van der Waals surface area contributed by atoms with E-state index in [0.717, 1.165) is 27.5 Å². The zero-order valence-electron chi connectivity index (χ0n) is 18.6. The molecule has 4 amide bonds. The highest BCUT2D eigenvalue weighted by molar-refractivity contribution is 6.39. The molecule has 2 aliphatic rings. The molecule has 8 nitrogen and oxygen atoms in total. The van der Waals surface area contributed by atoms with Crippen molar-refractivity contribution in [2.75, 3.05) is 11.7 Å². The fourth-order valence-corrected chi connectivity index (χ4v) is 4.37. The van der Waals surface area contributed by atoms with Crippen LogP contribution in [0.25, 0.3) is 11.8 Å². The Balaban J connectivity index is 1.56. The molecule has 0 aliphatic carbocycles. The maximum atomic E-state index is 13.3. The lowest BCUT2D eigenvalue weighted by molar-refractivity contribution is -0.122. The number of carbonyl (C=O) groups is 3. The molecule has 172 valence electrons. The molecule has 1 aromatic heterocycles. The first-order valence-corrected chi connectivity index (χ1v) is 10.9. The van der Waals surface area contributed by atoms with Crippen molar-refractivity contribution in [3.63, 3.8) is 0 Å². The Kier molecular flexibility index (Phi) is 5.17. The summed E-state index contributed by atoms with van der Waals surface area (Å²) in [5.41, 5.74) is 4.45. The summed E-state index contributed by atoms with van der Waals surface area (Å²) in [6.45, 7) is 5.87. The van der Waals surface area contributed by atoms with Gasteiger partial charge in [0.15, 0.2) is 11.5 Å². The van der Waals surface area contributed by atoms with Crippen LogP contribution in [-0.2, 0) is 9.59 Å². The van der Waals surface area contributed by atoms with Crippen LogP contribution in [0.4, 0.5) is 10.5 Å². The second-order valence-electron chi connectivity index (χ2n) is 8.09. The SMILES string of the molecule is Cc1ccc(Cl)cc1-n1c(C)cc(/C=C2\C(=O)NC(=O)N(c3ccc4c(c3)OCO4)C2=O)c1C. The lowest BCUT2D eigenvalue weighted by atomic mass is 10.1. The lowest BCUT2D eigenvalue weighted by Crippen LogP contribution is -2.54. The lowest BCUT2D eigenvalue weighted by Gasteiger charge is -2.26. The van der Waals surface area contributed by atoms with Gasteiger partial charge in [-0.2, -0.15) is 0 Å². The second kappa shape index (κ2) is 8.07. The van der Waals surface area contributed by atoms with Gasteiger partial charge in [-0.25, -0.2) is 9.69 Å². The van der Waals surface area contributed by atoms with E-state index in [1.807, 2.05) is 49.6 Å². The van der Waals surface area contributed by atoms with E-state index >= 15 is 0 Å². The number of imide groups is 2. The highest BCUT2D eigenvalue weighted by Gasteiger charge is 2.37. The zero-order valence-corrected chi connectivity index (χ0v) is 19.4. The number of aryl methyl sites for hydroxylation is 2. The average Bonchev–Trinajstić information content (AvgIpc) is 3.36. The normalized spacial score (nSPS) is 16.4. The number of barbiturate groups is 1. The monoisotopic (exact) mass is 477 g/mol. The molecule has 1 N–H and O–H groups in total. The van der Waals surface area contributed by atoms with Crippen LogP contribution in [0.2, 0.25) is 5.02 Å². The van der Waals surface area contributed by atoms with Crippen LogP contribution in [0, 0.1) is 20.8 Å². The van der Waals surface area contributed by atoms with Crippen LogP contribution in [0.15, 0.2) is 48.0 Å². The molecule has 2 aromatic carbocycles. The number of hydrogen-bond acceptors (Lipinski definition) is 5. The largest absolute Gasteiger partial charge is 0.454 e. The van der Waals surface area contributed by atoms with Crippen molar-refractivity contribution in [3.05, 3.63) is 75.6 Å². The van der Waals surface area contributed by atoms with Crippen LogP contribution >= 0.6 is 11.6 Å². The van der Waals surface area contributed by atoms with E-state index in [1.54, 1.807) is 12.1 Å². The molecule has 2 aliphatic heterocycles. The van der Waals surface area contributed by atoms with Gasteiger partial charge in [-0.05, 0) is 68.3 Å². The molecular formula is C25H20ClN3O5. The van der Waals surface area contributed by atoms with E-state index in [-0.39, 0.29) is 18.1 Å². The summed E-state index contributed by atoms with van der Waals surface area (Å²) in [7, 11) is 0. The minimum atomic E-state index is -0.828. The Labute approximate surface area is 200 Å². The molecule has 0 unspecified atom stereocenters. The summed E-state index contributed by atoms with van der Waals surface area (Å²) >= 11 is 6.22. The van der Waals surface area contributed by atoms with Gasteiger partial charge in [0.05, 0.1) is 5.69 Å². The number of ether oxygens (including phenoxy) is 2. The number of fused-ring (bicyclic) bond motifs is 1. The standard InChI is InChI=1S/C25H20ClN3O5/c1-13-4-5-17(26)10-20(13)28-14(2)8-16(15(28)3)9-19-23(30)27-25(32)29(24(19)31)18-6-7-21-22(11-18)34-12-33-21/h4-11H,12H2,1-3H3,(H,27,30,32)/b19-9+. The molecule has 3 aromatic rings. The van der Waals surface area contributed by atoms with Gasteiger partial charge in [0, 0.05) is 28.2 Å². The van der Waals surface area contributed by atoms with Crippen LogP contribution < -0.4 is 19.7 Å². The minimum absolute atomic E-state index is 0.0598. The van der Waals surface area contributed by atoms with E-state index in [0.29, 0.717) is 22.1 Å². The first-order valence-electron chi connectivity index (χ1n) is 10.5. The quantitative estimate of drug-likeness (QED) is 0.444. The summed E-state index contributed by atoms with van der Waals surface area (Å²) < 4.78 is 12.7. The topological polar surface area (TPSA) is 89.9 Å².